The molecule has 8 aromatic rings. The van der Waals surface area contributed by atoms with Gasteiger partial charge in [0.2, 0.25) is 0 Å². The van der Waals surface area contributed by atoms with Gasteiger partial charge in [-0.05, 0) is 139 Å². The predicted octanol–water partition coefficient (Wildman–Crippen LogP) is 12.3. The molecule has 1 aliphatic heterocycles. The molecule has 0 atom stereocenters. The van der Waals surface area contributed by atoms with Crippen molar-refractivity contribution >= 4 is 40.3 Å². The molecule has 14 rings (SSSR count). The van der Waals surface area contributed by atoms with Crippen LogP contribution in [0.15, 0.2) is 146 Å². The standard InChI is InChI=1S/C54H44N2Si/c1-57(2)48-22-21-47-50(44-11-5-6-12-46(44)54(47)40-25-32-24-33(27-40)28-41(54)26-32)51(48)45-20-19-37(30-49(45)57)34-13-15-35(16-14-34)42-9-3-4-10-43(42)39-29-38-18-17-36-8-7-23-55-52(36)53(38)56-31-39/h3-23,29-33,40-41H,24-28H2,1-2H3. The Kier molecular flexibility index (Phi) is 6.54. The first-order chi connectivity index (χ1) is 28.0. The number of aromatic nitrogens is 2. The third-order valence-corrected chi connectivity index (χ3v) is 19.1. The SMILES string of the molecule is C[Si]1(C)c2cc(-c3ccc(-c4ccccc4-c4cnc5c(ccc6cccnc65)c4)cc3)ccc2-c2c1ccc1c2-c2ccccc2C12C1CC3CC(C1)CC2C3. The Balaban J connectivity index is 0.881. The van der Waals surface area contributed by atoms with Crippen LogP contribution in [0.4, 0.5) is 0 Å². The largest absolute Gasteiger partial charge is 0.254 e. The molecule has 4 saturated carbocycles. The van der Waals surface area contributed by atoms with E-state index in [0.29, 0.717) is 0 Å². The molecule has 6 aromatic carbocycles. The smallest absolute Gasteiger partial charge is 0.113 e. The number of rotatable bonds is 3. The lowest BCUT2D eigenvalue weighted by atomic mass is 9.43. The fourth-order valence-corrected chi connectivity index (χ4v) is 16.4. The van der Waals surface area contributed by atoms with Gasteiger partial charge in [0.1, 0.15) is 8.07 Å². The monoisotopic (exact) mass is 748 g/mol. The van der Waals surface area contributed by atoms with Crippen molar-refractivity contribution in [3.63, 3.8) is 0 Å². The van der Waals surface area contributed by atoms with Crippen molar-refractivity contribution in [3.05, 3.63) is 157 Å². The summed E-state index contributed by atoms with van der Waals surface area (Å²) in [7, 11) is -1.96. The molecule has 0 radical (unpaired) electrons. The fraction of sp³-hybridized carbons (Fsp3) is 0.222. The second kappa shape index (κ2) is 11.5. The van der Waals surface area contributed by atoms with E-state index < -0.39 is 8.07 Å². The predicted molar refractivity (Wildman–Crippen MR) is 239 cm³/mol. The molecule has 2 nitrogen and oxygen atoms in total. The highest BCUT2D eigenvalue weighted by atomic mass is 28.3. The zero-order valence-electron chi connectivity index (χ0n) is 32.6. The summed E-state index contributed by atoms with van der Waals surface area (Å²) in [4.78, 5) is 9.58. The van der Waals surface area contributed by atoms with Gasteiger partial charge in [-0.1, -0.05) is 134 Å². The summed E-state index contributed by atoms with van der Waals surface area (Å²) in [6.07, 6.45) is 11.1. The third-order valence-electron chi connectivity index (χ3n) is 15.5. The van der Waals surface area contributed by atoms with E-state index in [1.165, 1.54) is 65.5 Å². The zero-order valence-corrected chi connectivity index (χ0v) is 33.6. The van der Waals surface area contributed by atoms with Crippen LogP contribution in [0.3, 0.4) is 0 Å². The summed E-state index contributed by atoms with van der Waals surface area (Å²) >= 11 is 0. The molecule has 274 valence electrons. The minimum Gasteiger partial charge on any atom is -0.254 e. The topological polar surface area (TPSA) is 25.8 Å². The minimum absolute atomic E-state index is 0.209. The lowest BCUT2D eigenvalue weighted by molar-refractivity contribution is -0.0399. The molecule has 4 fully saturated rings. The molecule has 57 heavy (non-hydrogen) atoms. The first kappa shape index (κ1) is 32.4. The third kappa shape index (κ3) is 4.31. The van der Waals surface area contributed by atoms with Gasteiger partial charge >= 0.3 is 0 Å². The van der Waals surface area contributed by atoms with E-state index in [1.54, 1.807) is 38.2 Å². The first-order valence-electron chi connectivity index (χ1n) is 21.2. The highest BCUT2D eigenvalue weighted by Gasteiger charge is 2.62. The number of fused-ring (bicyclic) bond motifs is 10. The van der Waals surface area contributed by atoms with E-state index in [0.717, 1.165) is 51.0 Å². The van der Waals surface area contributed by atoms with Crippen molar-refractivity contribution in [3.8, 4) is 55.6 Å². The number of pyridine rings is 2. The molecule has 2 aromatic heterocycles. The maximum Gasteiger partial charge on any atom is 0.113 e. The van der Waals surface area contributed by atoms with E-state index in [9.17, 15) is 0 Å². The van der Waals surface area contributed by atoms with Gasteiger partial charge in [0.15, 0.2) is 0 Å². The highest BCUT2D eigenvalue weighted by Crippen LogP contribution is 2.70. The quantitative estimate of drug-likeness (QED) is 0.133. The first-order valence-corrected chi connectivity index (χ1v) is 24.2. The summed E-state index contributed by atoms with van der Waals surface area (Å²) in [6.45, 7) is 5.18. The van der Waals surface area contributed by atoms with E-state index in [-0.39, 0.29) is 5.41 Å². The van der Waals surface area contributed by atoms with Gasteiger partial charge in [-0.15, -0.1) is 0 Å². The molecule has 0 unspecified atom stereocenters. The Labute approximate surface area is 335 Å². The van der Waals surface area contributed by atoms with Crippen LogP contribution < -0.4 is 10.4 Å². The second-order valence-electron chi connectivity index (χ2n) is 18.6. The molecule has 3 heterocycles. The Morgan fingerprint density at radius 2 is 1.14 bits per heavy atom. The van der Waals surface area contributed by atoms with Gasteiger partial charge in [-0.2, -0.15) is 0 Å². The lowest BCUT2D eigenvalue weighted by Crippen LogP contribution is -2.55. The normalized spacial score (nSPS) is 24.2. The van der Waals surface area contributed by atoms with Crippen molar-refractivity contribution in [2.24, 2.45) is 23.7 Å². The van der Waals surface area contributed by atoms with Gasteiger partial charge < -0.3 is 0 Å². The van der Waals surface area contributed by atoms with Crippen molar-refractivity contribution in [1.29, 1.82) is 0 Å². The van der Waals surface area contributed by atoms with Gasteiger partial charge in [0.05, 0.1) is 11.0 Å². The minimum atomic E-state index is -1.96. The molecular formula is C54H44N2Si. The van der Waals surface area contributed by atoms with Gasteiger partial charge in [-0.25, -0.2) is 0 Å². The number of nitrogens with zero attached hydrogens (tertiary/aromatic N) is 2. The van der Waals surface area contributed by atoms with Crippen LogP contribution in [0.25, 0.3) is 77.4 Å². The van der Waals surface area contributed by atoms with E-state index >= 15 is 0 Å². The summed E-state index contributed by atoms with van der Waals surface area (Å²) in [5, 5.41) is 5.44. The van der Waals surface area contributed by atoms with Crippen LogP contribution in [-0.2, 0) is 5.41 Å². The molecule has 0 N–H and O–H groups in total. The maximum atomic E-state index is 4.94. The number of hydrogen-bond acceptors (Lipinski definition) is 2. The van der Waals surface area contributed by atoms with Gasteiger partial charge in [0.25, 0.3) is 0 Å². The van der Waals surface area contributed by atoms with Crippen LogP contribution >= 0.6 is 0 Å². The summed E-state index contributed by atoms with van der Waals surface area (Å²) in [5.41, 5.74) is 19.0. The Bertz CT molecular complexity index is 2980. The maximum absolute atomic E-state index is 4.94. The summed E-state index contributed by atoms with van der Waals surface area (Å²) < 4.78 is 0. The van der Waals surface area contributed by atoms with Gasteiger partial charge in [-0.3, -0.25) is 9.97 Å². The van der Waals surface area contributed by atoms with E-state index in [1.807, 2.05) is 18.5 Å². The van der Waals surface area contributed by atoms with Gasteiger partial charge in [0, 0.05) is 34.1 Å². The average Bonchev–Trinajstić information content (AvgIpc) is 3.67. The van der Waals surface area contributed by atoms with Crippen molar-refractivity contribution in [2.75, 3.05) is 0 Å². The van der Waals surface area contributed by atoms with Crippen molar-refractivity contribution in [1.82, 2.24) is 9.97 Å². The molecule has 3 heteroatoms. The highest BCUT2D eigenvalue weighted by molar-refractivity contribution is 7.04. The zero-order chi connectivity index (χ0) is 37.6. The Hall–Kier alpha value is -5.64. The van der Waals surface area contributed by atoms with Crippen LogP contribution in [0.2, 0.25) is 13.1 Å². The molecular weight excluding hydrogens is 705 g/mol. The second-order valence-corrected chi connectivity index (χ2v) is 22.9. The molecule has 6 aliphatic rings. The Morgan fingerprint density at radius 1 is 0.474 bits per heavy atom. The molecule has 0 saturated heterocycles. The molecule has 4 bridgehead atoms. The summed E-state index contributed by atoms with van der Waals surface area (Å²) in [6, 6.07) is 51.0. The average molecular weight is 749 g/mol. The van der Waals surface area contributed by atoms with E-state index in [4.69, 9.17) is 4.98 Å². The van der Waals surface area contributed by atoms with Crippen molar-refractivity contribution in [2.45, 2.75) is 50.6 Å². The molecule has 0 amide bonds. The fourth-order valence-electron chi connectivity index (χ4n) is 13.4. The van der Waals surface area contributed by atoms with Crippen LogP contribution in [-0.4, -0.2) is 18.0 Å². The van der Waals surface area contributed by atoms with Crippen molar-refractivity contribution < 1.29 is 0 Å². The lowest BCUT2D eigenvalue weighted by Gasteiger charge is -2.61. The summed E-state index contributed by atoms with van der Waals surface area (Å²) in [5.74, 6) is 3.50. The van der Waals surface area contributed by atoms with Crippen LogP contribution in [0.5, 0.6) is 0 Å². The van der Waals surface area contributed by atoms with Crippen LogP contribution in [0, 0.1) is 23.7 Å². The molecule has 1 spiro atoms. The number of benzene rings is 6. The van der Waals surface area contributed by atoms with E-state index in [2.05, 4.69) is 145 Å². The Morgan fingerprint density at radius 3 is 1.93 bits per heavy atom. The molecule has 5 aliphatic carbocycles. The van der Waals surface area contributed by atoms with Crippen LogP contribution in [0.1, 0.15) is 43.2 Å². The number of hydrogen-bond donors (Lipinski definition) is 0.